The van der Waals surface area contributed by atoms with Gasteiger partial charge in [0.1, 0.15) is 17.1 Å². The molecule has 1 aliphatic rings. The molecule has 5 amide bonds. The van der Waals surface area contributed by atoms with E-state index in [-0.39, 0.29) is 29.3 Å². The lowest BCUT2D eigenvalue weighted by Gasteiger charge is -2.26. The summed E-state index contributed by atoms with van der Waals surface area (Å²) in [5, 5.41) is 4.84. The van der Waals surface area contributed by atoms with Crippen LogP contribution in [0.15, 0.2) is 78.4 Å². The molecule has 0 aromatic heterocycles. The second-order valence-electron chi connectivity index (χ2n) is 8.10. The maximum atomic E-state index is 13.1. The van der Waals surface area contributed by atoms with Gasteiger partial charge >= 0.3 is 12.0 Å². The monoisotopic (exact) mass is 529 g/mol. The second-order valence-corrected chi connectivity index (χ2v) is 8.10. The highest BCUT2D eigenvalue weighted by Gasteiger charge is 2.36. The van der Waals surface area contributed by atoms with E-state index in [9.17, 15) is 24.0 Å². The highest BCUT2D eigenvalue weighted by atomic mass is 16.5. The van der Waals surface area contributed by atoms with Gasteiger partial charge in [-0.15, -0.1) is 0 Å². The van der Waals surface area contributed by atoms with Gasteiger partial charge in [0.2, 0.25) is 0 Å². The van der Waals surface area contributed by atoms with Crippen LogP contribution in [0, 0.1) is 0 Å². The predicted octanol–water partition coefficient (Wildman–Crippen LogP) is 3.17. The molecule has 1 saturated heterocycles. The predicted molar refractivity (Wildman–Crippen MR) is 140 cm³/mol. The number of hydrogen-bond donors (Lipinski definition) is 2. The molecule has 4 rings (SSSR count). The average molecular weight is 530 g/mol. The highest BCUT2D eigenvalue weighted by Crippen LogP contribution is 2.24. The number of nitrogens with zero attached hydrogens (tertiary/aromatic N) is 1. The van der Waals surface area contributed by atoms with Gasteiger partial charge < -0.3 is 19.5 Å². The molecular weight excluding hydrogens is 506 g/mol. The Morgan fingerprint density at radius 3 is 2.28 bits per heavy atom. The van der Waals surface area contributed by atoms with E-state index in [2.05, 4.69) is 15.4 Å². The lowest BCUT2D eigenvalue weighted by Crippen LogP contribution is -2.54. The van der Waals surface area contributed by atoms with Gasteiger partial charge in [0.25, 0.3) is 17.7 Å². The number of methoxy groups -OCH3 is 2. The van der Waals surface area contributed by atoms with E-state index >= 15 is 0 Å². The minimum atomic E-state index is -0.914. The second kappa shape index (κ2) is 11.7. The number of urea groups is 1. The van der Waals surface area contributed by atoms with Crippen molar-refractivity contribution in [3.8, 4) is 11.5 Å². The van der Waals surface area contributed by atoms with Crippen molar-refractivity contribution in [1.29, 1.82) is 0 Å². The van der Waals surface area contributed by atoms with Crippen molar-refractivity contribution in [2.24, 2.45) is 0 Å². The van der Waals surface area contributed by atoms with Gasteiger partial charge in [-0.25, -0.2) is 14.5 Å². The Hall–Kier alpha value is -5.45. The van der Waals surface area contributed by atoms with E-state index < -0.39 is 23.8 Å². The molecule has 1 heterocycles. The van der Waals surface area contributed by atoms with Crippen LogP contribution >= 0.6 is 0 Å². The van der Waals surface area contributed by atoms with Gasteiger partial charge in [0, 0.05) is 0 Å². The first-order chi connectivity index (χ1) is 18.8. The zero-order valence-electron chi connectivity index (χ0n) is 20.9. The number of barbiturate groups is 1. The number of ether oxygens (including phenoxy) is 3. The Morgan fingerprint density at radius 1 is 0.923 bits per heavy atom. The Labute approximate surface area is 223 Å². The number of nitrogens with one attached hydrogen (secondary N) is 2. The normalized spacial score (nSPS) is 14.1. The number of carbonyl (C=O) groups excluding carboxylic acids is 5. The standard InChI is InChI=1S/C28H23N3O8/c1-37-23-6-4-3-5-22(23)29-24(32)16-39-20-13-7-17(8-14-20)15-21-25(33)30-28(36)31(26(21)34)19-11-9-18(10-12-19)27(35)38-2/h3-15H,16H2,1-2H3,(H,29,32)(H,30,33,36)/b21-15-. The summed E-state index contributed by atoms with van der Waals surface area (Å²) in [6.07, 6.45) is 1.33. The fourth-order valence-corrected chi connectivity index (χ4v) is 3.67. The van der Waals surface area contributed by atoms with Crippen molar-refractivity contribution < 1.29 is 38.2 Å². The van der Waals surface area contributed by atoms with Gasteiger partial charge in [-0.2, -0.15) is 0 Å². The lowest BCUT2D eigenvalue weighted by molar-refractivity contribution is -0.122. The first-order valence-electron chi connectivity index (χ1n) is 11.6. The average Bonchev–Trinajstić information content (AvgIpc) is 2.95. The van der Waals surface area contributed by atoms with Crippen LogP contribution in [0.25, 0.3) is 6.08 Å². The molecule has 0 atom stereocenters. The SMILES string of the molecule is COC(=O)c1ccc(N2C(=O)NC(=O)/C(=C/c3ccc(OCC(=O)Nc4ccccc4OC)cc3)C2=O)cc1. The van der Waals surface area contributed by atoms with Crippen LogP contribution in [-0.2, 0) is 19.1 Å². The van der Waals surface area contributed by atoms with E-state index in [1.807, 2.05) is 0 Å². The summed E-state index contributed by atoms with van der Waals surface area (Å²) < 4.78 is 15.4. The smallest absolute Gasteiger partial charge is 0.337 e. The topological polar surface area (TPSA) is 140 Å². The largest absolute Gasteiger partial charge is 0.495 e. The molecule has 0 bridgehead atoms. The Morgan fingerprint density at radius 2 is 1.62 bits per heavy atom. The number of anilines is 2. The zero-order chi connectivity index (χ0) is 27.9. The third-order valence-corrected chi connectivity index (χ3v) is 5.59. The summed E-state index contributed by atoms with van der Waals surface area (Å²) in [6, 6.07) is 18.0. The van der Waals surface area contributed by atoms with E-state index in [4.69, 9.17) is 9.47 Å². The van der Waals surface area contributed by atoms with Gasteiger partial charge in [0.05, 0.1) is 31.2 Å². The molecule has 39 heavy (non-hydrogen) atoms. The Bertz CT molecular complexity index is 1460. The number of hydrogen-bond acceptors (Lipinski definition) is 8. The quantitative estimate of drug-likeness (QED) is 0.258. The maximum Gasteiger partial charge on any atom is 0.337 e. The molecule has 0 radical (unpaired) electrons. The minimum absolute atomic E-state index is 0.165. The third-order valence-electron chi connectivity index (χ3n) is 5.59. The summed E-state index contributed by atoms with van der Waals surface area (Å²) in [7, 11) is 2.74. The molecule has 0 unspecified atom stereocenters. The van der Waals surface area contributed by atoms with Crippen molar-refractivity contribution in [2.75, 3.05) is 31.0 Å². The van der Waals surface area contributed by atoms with Crippen LogP contribution < -0.4 is 25.0 Å². The van der Waals surface area contributed by atoms with Crippen molar-refractivity contribution in [3.63, 3.8) is 0 Å². The number of para-hydroxylation sites is 2. The lowest BCUT2D eigenvalue weighted by atomic mass is 10.1. The number of imide groups is 2. The number of amides is 5. The van der Waals surface area contributed by atoms with Crippen molar-refractivity contribution >= 4 is 47.2 Å². The van der Waals surface area contributed by atoms with Crippen molar-refractivity contribution in [2.45, 2.75) is 0 Å². The zero-order valence-corrected chi connectivity index (χ0v) is 20.9. The number of carbonyl (C=O) groups is 5. The molecule has 2 N–H and O–H groups in total. The number of benzene rings is 3. The van der Waals surface area contributed by atoms with Crippen LogP contribution in [0.3, 0.4) is 0 Å². The van der Waals surface area contributed by atoms with Crippen LogP contribution in [0.5, 0.6) is 11.5 Å². The first-order valence-corrected chi connectivity index (χ1v) is 11.6. The number of rotatable bonds is 8. The molecule has 1 aliphatic heterocycles. The molecule has 198 valence electrons. The van der Waals surface area contributed by atoms with Crippen LogP contribution in [0.2, 0.25) is 0 Å². The van der Waals surface area contributed by atoms with Gasteiger partial charge in [-0.05, 0) is 60.2 Å². The summed E-state index contributed by atoms with van der Waals surface area (Å²) in [5.74, 6) is -1.74. The van der Waals surface area contributed by atoms with E-state index in [1.54, 1.807) is 48.5 Å². The fourth-order valence-electron chi connectivity index (χ4n) is 3.67. The van der Waals surface area contributed by atoms with Gasteiger partial charge in [-0.3, -0.25) is 19.7 Å². The molecule has 11 heteroatoms. The summed E-state index contributed by atoms with van der Waals surface area (Å²) in [5.41, 5.74) is 1.13. The van der Waals surface area contributed by atoms with Gasteiger partial charge in [-0.1, -0.05) is 24.3 Å². The molecule has 0 aliphatic carbocycles. The molecule has 1 fully saturated rings. The third kappa shape index (κ3) is 6.10. The van der Waals surface area contributed by atoms with E-state index in [0.29, 0.717) is 22.7 Å². The van der Waals surface area contributed by atoms with Crippen LogP contribution in [0.1, 0.15) is 15.9 Å². The molecule has 0 spiro atoms. The van der Waals surface area contributed by atoms with E-state index in [0.717, 1.165) is 4.90 Å². The van der Waals surface area contributed by atoms with Gasteiger partial charge in [0.15, 0.2) is 6.61 Å². The van der Waals surface area contributed by atoms with E-state index in [1.165, 1.54) is 44.6 Å². The van der Waals surface area contributed by atoms with Crippen molar-refractivity contribution in [3.05, 3.63) is 89.5 Å². The Kier molecular flexibility index (Phi) is 8.00. The maximum absolute atomic E-state index is 13.1. The Balaban J connectivity index is 1.43. The molecule has 3 aromatic carbocycles. The van der Waals surface area contributed by atoms with Crippen LogP contribution in [0.4, 0.5) is 16.2 Å². The highest BCUT2D eigenvalue weighted by molar-refractivity contribution is 6.39. The summed E-state index contributed by atoms with van der Waals surface area (Å²) in [4.78, 5) is 62.6. The molecule has 11 nitrogen and oxygen atoms in total. The van der Waals surface area contributed by atoms with Crippen LogP contribution in [-0.4, -0.2) is 50.5 Å². The summed E-state index contributed by atoms with van der Waals surface area (Å²) in [6.45, 7) is -0.259. The molecule has 0 saturated carbocycles. The molecule has 3 aromatic rings. The summed E-state index contributed by atoms with van der Waals surface area (Å²) >= 11 is 0. The fraction of sp³-hybridized carbons (Fsp3) is 0.107. The molecular formula is C28H23N3O8. The first kappa shape index (κ1) is 26.6. The minimum Gasteiger partial charge on any atom is -0.495 e. The number of esters is 1. The van der Waals surface area contributed by atoms with Crippen molar-refractivity contribution in [1.82, 2.24) is 5.32 Å².